The fourth-order valence-corrected chi connectivity index (χ4v) is 3.05. The van der Waals surface area contributed by atoms with Gasteiger partial charge in [0.15, 0.2) is 11.6 Å². The van der Waals surface area contributed by atoms with E-state index in [-0.39, 0.29) is 11.9 Å². The molecule has 1 aliphatic heterocycles. The third-order valence-electron chi connectivity index (χ3n) is 4.35. The number of aromatic nitrogens is 2. The minimum Gasteiger partial charge on any atom is -0.487 e. The van der Waals surface area contributed by atoms with Gasteiger partial charge in [0.1, 0.15) is 6.10 Å². The van der Waals surface area contributed by atoms with Crippen molar-refractivity contribution in [2.24, 2.45) is 0 Å². The lowest BCUT2D eigenvalue weighted by Crippen LogP contribution is -2.38. The Labute approximate surface area is 136 Å². The summed E-state index contributed by atoms with van der Waals surface area (Å²) in [7, 11) is 0. The molecule has 1 aromatic carbocycles. The van der Waals surface area contributed by atoms with Crippen LogP contribution >= 0.6 is 0 Å². The molecule has 0 unspecified atom stereocenters. The summed E-state index contributed by atoms with van der Waals surface area (Å²) in [6, 6.07) is 7.05. The van der Waals surface area contributed by atoms with Crippen molar-refractivity contribution < 1.29 is 9.13 Å². The molecular weight excluding hydrogens is 293 g/mol. The molecule has 2 aromatic rings. The van der Waals surface area contributed by atoms with Crippen molar-refractivity contribution in [3.63, 3.8) is 0 Å². The predicted octanol–water partition coefficient (Wildman–Crippen LogP) is 3.65. The summed E-state index contributed by atoms with van der Waals surface area (Å²) in [5.74, 6) is 0.0830. The Kier molecular flexibility index (Phi) is 4.96. The lowest BCUT2D eigenvalue weighted by atomic mass is 10.1. The van der Waals surface area contributed by atoms with Gasteiger partial charge in [-0.3, -0.25) is 4.90 Å². The highest BCUT2D eigenvalue weighted by Crippen LogP contribution is 2.22. The number of para-hydroxylation sites is 1. The van der Waals surface area contributed by atoms with Gasteiger partial charge in [-0.2, -0.15) is 0 Å². The first-order valence-electron chi connectivity index (χ1n) is 8.27. The van der Waals surface area contributed by atoms with Gasteiger partial charge >= 0.3 is 0 Å². The first-order valence-corrected chi connectivity index (χ1v) is 8.27. The smallest absolute Gasteiger partial charge is 0.165 e. The molecule has 2 heterocycles. The SMILES string of the molecule is CC(C)n1cncc1CN1CCC(Oc2ccccc2F)CC1. The largest absolute Gasteiger partial charge is 0.487 e. The molecule has 0 radical (unpaired) electrons. The summed E-state index contributed by atoms with van der Waals surface area (Å²) >= 11 is 0. The van der Waals surface area contributed by atoms with Crippen molar-refractivity contribution in [3.05, 3.63) is 48.3 Å². The average molecular weight is 317 g/mol. The Balaban J connectivity index is 1.52. The molecule has 0 bridgehead atoms. The van der Waals surface area contributed by atoms with E-state index in [1.165, 1.54) is 11.8 Å². The predicted molar refractivity (Wildman–Crippen MR) is 87.9 cm³/mol. The third-order valence-corrected chi connectivity index (χ3v) is 4.35. The molecule has 1 aliphatic rings. The molecule has 0 N–H and O–H groups in total. The molecule has 0 spiro atoms. The van der Waals surface area contributed by atoms with Gasteiger partial charge < -0.3 is 9.30 Å². The van der Waals surface area contributed by atoms with Gasteiger partial charge in [-0.05, 0) is 38.8 Å². The summed E-state index contributed by atoms with van der Waals surface area (Å²) in [4.78, 5) is 6.67. The van der Waals surface area contributed by atoms with E-state index in [0.29, 0.717) is 11.8 Å². The van der Waals surface area contributed by atoms with E-state index < -0.39 is 0 Å². The van der Waals surface area contributed by atoms with Crippen LogP contribution in [0.2, 0.25) is 0 Å². The Morgan fingerprint density at radius 3 is 2.70 bits per heavy atom. The van der Waals surface area contributed by atoms with Crippen LogP contribution < -0.4 is 4.74 Å². The number of hydrogen-bond acceptors (Lipinski definition) is 3. The molecule has 23 heavy (non-hydrogen) atoms. The Hall–Kier alpha value is -1.88. The summed E-state index contributed by atoms with van der Waals surface area (Å²) < 4.78 is 21.7. The van der Waals surface area contributed by atoms with Gasteiger partial charge in [-0.25, -0.2) is 9.37 Å². The second-order valence-electron chi connectivity index (χ2n) is 6.41. The topological polar surface area (TPSA) is 30.3 Å². The quantitative estimate of drug-likeness (QED) is 0.843. The lowest BCUT2D eigenvalue weighted by Gasteiger charge is -2.32. The molecule has 1 fully saturated rings. The van der Waals surface area contributed by atoms with E-state index in [1.54, 1.807) is 18.2 Å². The Bertz CT molecular complexity index is 633. The summed E-state index contributed by atoms with van der Waals surface area (Å²) in [5.41, 5.74) is 1.24. The number of piperidine rings is 1. The highest BCUT2D eigenvalue weighted by Gasteiger charge is 2.22. The van der Waals surface area contributed by atoms with E-state index in [4.69, 9.17) is 4.74 Å². The second kappa shape index (κ2) is 7.13. The maximum absolute atomic E-state index is 13.6. The maximum Gasteiger partial charge on any atom is 0.165 e. The van der Waals surface area contributed by atoms with Crippen LogP contribution in [0.4, 0.5) is 4.39 Å². The van der Waals surface area contributed by atoms with Crippen LogP contribution in [0.3, 0.4) is 0 Å². The van der Waals surface area contributed by atoms with Gasteiger partial charge in [0.05, 0.1) is 12.0 Å². The normalized spacial score (nSPS) is 16.9. The van der Waals surface area contributed by atoms with Gasteiger partial charge in [-0.1, -0.05) is 12.1 Å². The molecule has 1 aromatic heterocycles. The van der Waals surface area contributed by atoms with Gasteiger partial charge in [-0.15, -0.1) is 0 Å². The van der Waals surface area contributed by atoms with Crippen LogP contribution in [-0.4, -0.2) is 33.6 Å². The molecule has 5 heteroatoms. The number of likely N-dealkylation sites (tertiary alicyclic amines) is 1. The zero-order valence-corrected chi connectivity index (χ0v) is 13.8. The summed E-state index contributed by atoms with van der Waals surface area (Å²) in [6.07, 6.45) is 5.78. The number of benzene rings is 1. The molecule has 0 saturated carbocycles. The maximum atomic E-state index is 13.6. The molecule has 0 aliphatic carbocycles. The van der Waals surface area contributed by atoms with Crippen molar-refractivity contribution in [1.82, 2.24) is 14.5 Å². The van der Waals surface area contributed by atoms with Crippen LogP contribution in [0.25, 0.3) is 0 Å². The fourth-order valence-electron chi connectivity index (χ4n) is 3.05. The van der Waals surface area contributed by atoms with Gasteiger partial charge in [0.2, 0.25) is 0 Å². The Morgan fingerprint density at radius 2 is 2.00 bits per heavy atom. The molecule has 0 atom stereocenters. The van der Waals surface area contributed by atoms with Crippen molar-refractivity contribution in [2.45, 2.75) is 45.4 Å². The standard InChI is InChI=1S/C18H24FN3O/c1-14(2)22-13-20-11-15(22)12-21-9-7-16(8-10-21)23-18-6-4-3-5-17(18)19/h3-6,11,13-14,16H,7-10,12H2,1-2H3. The minimum atomic E-state index is -0.282. The van der Waals surface area contributed by atoms with Crippen LogP contribution in [0.1, 0.15) is 38.4 Å². The number of nitrogens with zero attached hydrogens (tertiary/aromatic N) is 3. The first kappa shape index (κ1) is 16.0. The third kappa shape index (κ3) is 3.91. The average Bonchev–Trinajstić information content (AvgIpc) is 3.00. The van der Waals surface area contributed by atoms with Crippen molar-refractivity contribution in [3.8, 4) is 5.75 Å². The van der Waals surface area contributed by atoms with Crippen LogP contribution in [0, 0.1) is 5.82 Å². The monoisotopic (exact) mass is 317 g/mol. The van der Waals surface area contributed by atoms with Crippen molar-refractivity contribution >= 4 is 0 Å². The number of hydrogen-bond donors (Lipinski definition) is 0. The summed E-state index contributed by atoms with van der Waals surface area (Å²) in [6.45, 7) is 7.16. The van der Waals surface area contributed by atoms with E-state index in [0.717, 1.165) is 32.5 Å². The zero-order chi connectivity index (χ0) is 16.2. The number of halogens is 1. The first-order chi connectivity index (χ1) is 11.1. The van der Waals surface area contributed by atoms with Gasteiger partial charge in [0, 0.05) is 31.9 Å². The zero-order valence-electron chi connectivity index (χ0n) is 13.8. The highest BCUT2D eigenvalue weighted by molar-refractivity contribution is 5.23. The van der Waals surface area contributed by atoms with Crippen LogP contribution in [0.15, 0.2) is 36.8 Å². The summed E-state index contributed by atoms with van der Waals surface area (Å²) in [5, 5.41) is 0. The highest BCUT2D eigenvalue weighted by atomic mass is 19.1. The van der Waals surface area contributed by atoms with Crippen molar-refractivity contribution in [1.29, 1.82) is 0 Å². The second-order valence-corrected chi connectivity index (χ2v) is 6.41. The fraction of sp³-hybridized carbons (Fsp3) is 0.500. The molecule has 0 amide bonds. The van der Waals surface area contributed by atoms with Gasteiger partial charge in [0.25, 0.3) is 0 Å². The van der Waals surface area contributed by atoms with Crippen LogP contribution in [0.5, 0.6) is 5.75 Å². The molecule has 3 rings (SSSR count). The van der Waals surface area contributed by atoms with E-state index in [9.17, 15) is 4.39 Å². The number of rotatable bonds is 5. The molecule has 1 saturated heterocycles. The number of imidazole rings is 1. The molecular formula is C18H24FN3O. The Morgan fingerprint density at radius 1 is 1.26 bits per heavy atom. The lowest BCUT2D eigenvalue weighted by molar-refractivity contribution is 0.0921. The number of ether oxygens (including phenoxy) is 1. The van der Waals surface area contributed by atoms with Crippen molar-refractivity contribution in [2.75, 3.05) is 13.1 Å². The van der Waals surface area contributed by atoms with Crippen LogP contribution in [-0.2, 0) is 6.54 Å². The minimum absolute atomic E-state index is 0.0955. The molecule has 4 nitrogen and oxygen atoms in total. The van der Waals surface area contributed by atoms with E-state index >= 15 is 0 Å². The van der Waals surface area contributed by atoms with E-state index in [2.05, 4.69) is 28.3 Å². The molecule has 124 valence electrons. The van der Waals surface area contributed by atoms with E-state index in [1.807, 2.05) is 12.5 Å².